The lowest BCUT2D eigenvalue weighted by molar-refractivity contribution is 1.13. The summed E-state index contributed by atoms with van der Waals surface area (Å²) in [7, 11) is 4.08. The first-order valence-corrected chi connectivity index (χ1v) is 6.99. The van der Waals surface area contributed by atoms with Crippen molar-refractivity contribution in [2.75, 3.05) is 19.0 Å². The van der Waals surface area contributed by atoms with E-state index >= 15 is 0 Å². The maximum Gasteiger partial charge on any atom is 0.0491 e. The fraction of sp³-hybridized carbons (Fsp3) is 0.111. The van der Waals surface area contributed by atoms with Crippen LogP contribution in [0.1, 0.15) is 16.7 Å². The van der Waals surface area contributed by atoms with E-state index in [1.165, 1.54) is 16.8 Å². The molecule has 0 saturated carbocycles. The van der Waals surface area contributed by atoms with Crippen LogP contribution in [0.3, 0.4) is 0 Å². The van der Waals surface area contributed by atoms with E-state index in [0.29, 0.717) is 0 Å². The zero-order chi connectivity index (χ0) is 14.1. The molecule has 0 bridgehead atoms. The summed E-state index contributed by atoms with van der Waals surface area (Å²) in [5, 5.41) is 0.808. The average molecular weight is 282 g/mol. The van der Waals surface area contributed by atoms with Crippen molar-refractivity contribution in [2.45, 2.75) is 0 Å². The summed E-state index contributed by atoms with van der Waals surface area (Å²) in [6.45, 7) is 0. The van der Waals surface area contributed by atoms with Crippen molar-refractivity contribution in [3.63, 3.8) is 0 Å². The smallest absolute Gasteiger partial charge is 0.0491 e. The van der Waals surface area contributed by atoms with Gasteiger partial charge in [-0.15, -0.1) is 0 Å². The second kappa shape index (κ2) is 5.18. The summed E-state index contributed by atoms with van der Waals surface area (Å²) in [6, 6.07) is 16.8. The van der Waals surface area contributed by atoms with Crippen molar-refractivity contribution in [3.05, 3.63) is 70.3 Å². The summed E-state index contributed by atoms with van der Waals surface area (Å²) >= 11 is 6.36. The minimum Gasteiger partial charge on any atom is -0.378 e. The molecule has 3 rings (SSSR count). The number of fused-ring (bicyclic) bond motifs is 1. The molecular weight excluding hydrogens is 266 g/mol. The standard InChI is InChI=1S/C18H16ClN/c1-20(2)15-9-7-13(8-10-15)11-17-16-6-4-3-5-14(16)12-18(17)19/h3-12H,1-2H3/b17-11-. The summed E-state index contributed by atoms with van der Waals surface area (Å²) in [4.78, 5) is 2.09. The third-order valence-corrected chi connectivity index (χ3v) is 3.82. The van der Waals surface area contributed by atoms with Crippen LogP contribution in [0.5, 0.6) is 0 Å². The lowest BCUT2D eigenvalue weighted by Gasteiger charge is -2.12. The van der Waals surface area contributed by atoms with Crippen LogP contribution in [0.15, 0.2) is 53.6 Å². The Morgan fingerprint density at radius 1 is 0.950 bits per heavy atom. The van der Waals surface area contributed by atoms with Crippen molar-refractivity contribution in [1.29, 1.82) is 0 Å². The van der Waals surface area contributed by atoms with Crippen LogP contribution >= 0.6 is 11.6 Å². The third kappa shape index (κ3) is 2.37. The predicted molar refractivity (Wildman–Crippen MR) is 88.9 cm³/mol. The lowest BCUT2D eigenvalue weighted by atomic mass is 10.0. The predicted octanol–water partition coefficient (Wildman–Crippen LogP) is 4.89. The minimum atomic E-state index is 0.808. The third-order valence-electron chi connectivity index (χ3n) is 3.51. The van der Waals surface area contributed by atoms with E-state index in [1.54, 1.807) is 0 Å². The van der Waals surface area contributed by atoms with Crippen LogP contribution in [0.2, 0.25) is 0 Å². The first-order valence-electron chi connectivity index (χ1n) is 6.61. The molecule has 0 fully saturated rings. The van der Waals surface area contributed by atoms with Crippen LogP contribution < -0.4 is 4.90 Å². The molecule has 100 valence electrons. The van der Waals surface area contributed by atoms with Crippen molar-refractivity contribution >= 4 is 35.0 Å². The van der Waals surface area contributed by atoms with Crippen LogP contribution in [0.4, 0.5) is 5.69 Å². The highest BCUT2D eigenvalue weighted by Crippen LogP contribution is 2.38. The van der Waals surface area contributed by atoms with Crippen molar-refractivity contribution in [3.8, 4) is 0 Å². The molecule has 2 aromatic carbocycles. The number of halogens is 1. The molecule has 0 spiro atoms. The fourth-order valence-electron chi connectivity index (χ4n) is 2.39. The summed E-state index contributed by atoms with van der Waals surface area (Å²) in [5.41, 5.74) is 5.84. The number of allylic oxidation sites excluding steroid dienone is 2. The van der Waals surface area contributed by atoms with Crippen molar-refractivity contribution in [2.24, 2.45) is 0 Å². The second-order valence-electron chi connectivity index (χ2n) is 5.12. The molecule has 2 aromatic rings. The van der Waals surface area contributed by atoms with E-state index in [0.717, 1.165) is 16.2 Å². The molecular formula is C18H16ClN. The Balaban J connectivity index is 1.99. The van der Waals surface area contributed by atoms with E-state index in [-0.39, 0.29) is 0 Å². The molecule has 0 amide bonds. The SMILES string of the molecule is CN(C)c1ccc(/C=C2\C(Cl)=Cc3ccccc32)cc1. The molecule has 0 atom stereocenters. The summed E-state index contributed by atoms with van der Waals surface area (Å²) < 4.78 is 0. The zero-order valence-corrected chi connectivity index (χ0v) is 12.4. The van der Waals surface area contributed by atoms with Gasteiger partial charge in [-0.3, -0.25) is 0 Å². The number of anilines is 1. The number of nitrogens with zero attached hydrogens (tertiary/aromatic N) is 1. The quantitative estimate of drug-likeness (QED) is 0.758. The van der Waals surface area contributed by atoms with Crippen molar-refractivity contribution in [1.82, 2.24) is 0 Å². The molecule has 2 heteroatoms. The van der Waals surface area contributed by atoms with Crippen molar-refractivity contribution < 1.29 is 0 Å². The van der Waals surface area contributed by atoms with E-state index in [2.05, 4.69) is 47.4 Å². The fourth-order valence-corrected chi connectivity index (χ4v) is 2.67. The summed E-state index contributed by atoms with van der Waals surface area (Å²) in [5.74, 6) is 0. The number of benzene rings is 2. The molecule has 0 aromatic heterocycles. The highest BCUT2D eigenvalue weighted by Gasteiger charge is 2.16. The van der Waals surface area contributed by atoms with Crippen LogP contribution in [-0.4, -0.2) is 14.1 Å². The van der Waals surface area contributed by atoms with Gasteiger partial charge in [-0.25, -0.2) is 0 Å². The van der Waals surface area contributed by atoms with Gasteiger partial charge in [0.2, 0.25) is 0 Å². The second-order valence-corrected chi connectivity index (χ2v) is 5.53. The molecule has 0 radical (unpaired) electrons. The average Bonchev–Trinajstić information content (AvgIpc) is 2.76. The maximum absolute atomic E-state index is 6.36. The zero-order valence-electron chi connectivity index (χ0n) is 11.6. The molecule has 20 heavy (non-hydrogen) atoms. The lowest BCUT2D eigenvalue weighted by Crippen LogP contribution is -2.07. The highest BCUT2D eigenvalue weighted by atomic mass is 35.5. The van der Waals surface area contributed by atoms with E-state index < -0.39 is 0 Å². The Bertz CT molecular complexity index is 694. The number of hydrogen-bond donors (Lipinski definition) is 0. The molecule has 0 heterocycles. The molecule has 1 aliphatic carbocycles. The van der Waals surface area contributed by atoms with E-state index in [9.17, 15) is 0 Å². The Hall–Kier alpha value is -1.99. The maximum atomic E-state index is 6.36. The monoisotopic (exact) mass is 281 g/mol. The van der Waals surface area contributed by atoms with Gasteiger partial charge in [0.25, 0.3) is 0 Å². The van der Waals surface area contributed by atoms with Gasteiger partial charge >= 0.3 is 0 Å². The Morgan fingerprint density at radius 2 is 1.65 bits per heavy atom. The van der Waals surface area contributed by atoms with E-state index in [4.69, 9.17) is 11.6 Å². The Morgan fingerprint density at radius 3 is 2.35 bits per heavy atom. The molecule has 0 saturated heterocycles. The normalized spacial score (nSPS) is 15.2. The van der Waals surface area contributed by atoms with Gasteiger partial charge in [0.15, 0.2) is 0 Å². The Labute approximate surface area is 124 Å². The minimum absolute atomic E-state index is 0.808. The molecule has 0 aliphatic heterocycles. The number of hydrogen-bond acceptors (Lipinski definition) is 1. The van der Waals surface area contributed by atoms with Gasteiger partial charge in [-0.1, -0.05) is 48.0 Å². The van der Waals surface area contributed by atoms with Gasteiger partial charge in [-0.05, 0) is 41.0 Å². The van der Waals surface area contributed by atoms with E-state index in [1.807, 2.05) is 32.3 Å². The van der Waals surface area contributed by atoms with Gasteiger partial charge in [0.1, 0.15) is 0 Å². The van der Waals surface area contributed by atoms with Gasteiger partial charge in [-0.2, -0.15) is 0 Å². The topological polar surface area (TPSA) is 3.24 Å². The number of rotatable bonds is 2. The van der Waals surface area contributed by atoms with Gasteiger partial charge in [0.05, 0.1) is 0 Å². The molecule has 0 N–H and O–H groups in total. The summed E-state index contributed by atoms with van der Waals surface area (Å²) in [6.07, 6.45) is 4.17. The molecule has 1 aliphatic rings. The largest absolute Gasteiger partial charge is 0.378 e. The van der Waals surface area contributed by atoms with Gasteiger partial charge in [0, 0.05) is 30.4 Å². The highest BCUT2D eigenvalue weighted by molar-refractivity contribution is 6.41. The van der Waals surface area contributed by atoms with Crippen LogP contribution in [0, 0.1) is 0 Å². The first-order chi connectivity index (χ1) is 9.65. The molecule has 1 nitrogen and oxygen atoms in total. The Kier molecular flexibility index (Phi) is 3.37. The van der Waals surface area contributed by atoms with Crippen LogP contribution in [0.25, 0.3) is 17.7 Å². The van der Waals surface area contributed by atoms with Gasteiger partial charge < -0.3 is 4.90 Å². The van der Waals surface area contributed by atoms with Crippen LogP contribution in [-0.2, 0) is 0 Å². The first kappa shape index (κ1) is 13.0. The molecule has 0 unspecified atom stereocenters.